The summed E-state index contributed by atoms with van der Waals surface area (Å²) < 4.78 is 0. The Bertz CT molecular complexity index is 847. The lowest BCUT2D eigenvalue weighted by Gasteiger charge is -2.19. The van der Waals surface area contributed by atoms with Crippen molar-refractivity contribution in [3.8, 4) is 0 Å². The van der Waals surface area contributed by atoms with Crippen molar-refractivity contribution in [3.05, 3.63) is 64.7 Å². The predicted octanol–water partition coefficient (Wildman–Crippen LogP) is 3.80. The van der Waals surface area contributed by atoms with E-state index in [1.807, 2.05) is 62.1 Å². The van der Waals surface area contributed by atoms with Gasteiger partial charge in [-0.05, 0) is 56.0 Å². The van der Waals surface area contributed by atoms with Crippen LogP contribution in [-0.4, -0.2) is 24.5 Å². The number of aryl methyl sites for hydroxylation is 1. The molecule has 142 valence electrons. The molecule has 2 aromatic rings. The maximum Gasteiger partial charge on any atom is 0.315 e. The highest BCUT2D eigenvalue weighted by Crippen LogP contribution is 2.30. The molecule has 27 heavy (non-hydrogen) atoms. The summed E-state index contributed by atoms with van der Waals surface area (Å²) in [7, 11) is 0. The van der Waals surface area contributed by atoms with Gasteiger partial charge in [-0.15, -0.1) is 0 Å². The van der Waals surface area contributed by atoms with Crippen LogP contribution in [0.1, 0.15) is 47.3 Å². The van der Waals surface area contributed by atoms with Crippen molar-refractivity contribution in [2.75, 3.05) is 11.4 Å². The Morgan fingerprint density at radius 3 is 2.74 bits per heavy atom. The molecule has 1 atom stereocenters. The molecular weight excluding hydrogens is 338 g/mol. The van der Waals surface area contributed by atoms with Crippen LogP contribution < -0.4 is 15.5 Å². The van der Waals surface area contributed by atoms with Crippen molar-refractivity contribution in [2.24, 2.45) is 0 Å². The van der Waals surface area contributed by atoms with E-state index in [4.69, 9.17) is 0 Å². The fourth-order valence-electron chi connectivity index (χ4n) is 3.24. The zero-order valence-corrected chi connectivity index (χ0v) is 16.2. The molecule has 0 fully saturated rings. The van der Waals surface area contributed by atoms with E-state index in [9.17, 15) is 9.59 Å². The number of nitrogens with one attached hydrogen (secondary N) is 2. The third-order valence-corrected chi connectivity index (χ3v) is 5.00. The van der Waals surface area contributed by atoms with Gasteiger partial charge in [-0.25, -0.2) is 4.79 Å². The summed E-state index contributed by atoms with van der Waals surface area (Å²) in [5.74, 6) is 0.0251. The van der Waals surface area contributed by atoms with Gasteiger partial charge in [0.2, 0.25) is 0 Å². The van der Waals surface area contributed by atoms with Crippen LogP contribution in [0.2, 0.25) is 0 Å². The van der Waals surface area contributed by atoms with E-state index < -0.39 is 0 Å². The van der Waals surface area contributed by atoms with Crippen LogP contribution in [0.25, 0.3) is 0 Å². The lowest BCUT2D eigenvalue weighted by Crippen LogP contribution is -2.40. The van der Waals surface area contributed by atoms with Gasteiger partial charge >= 0.3 is 6.03 Å². The zero-order valence-electron chi connectivity index (χ0n) is 16.2. The normalized spacial score (nSPS) is 13.8. The molecule has 1 aliphatic rings. The van der Waals surface area contributed by atoms with E-state index >= 15 is 0 Å². The Morgan fingerprint density at radius 2 is 2.00 bits per heavy atom. The Labute approximate surface area is 160 Å². The number of carbonyl (C=O) groups is 2. The van der Waals surface area contributed by atoms with Crippen molar-refractivity contribution in [1.29, 1.82) is 0 Å². The predicted molar refractivity (Wildman–Crippen MR) is 108 cm³/mol. The van der Waals surface area contributed by atoms with Crippen molar-refractivity contribution < 1.29 is 9.59 Å². The number of rotatable bonds is 5. The molecule has 2 aromatic carbocycles. The second-order valence-electron chi connectivity index (χ2n) is 7.18. The van der Waals surface area contributed by atoms with E-state index in [1.54, 1.807) is 0 Å². The number of benzene rings is 2. The maximum atomic E-state index is 12.9. The first-order valence-electron chi connectivity index (χ1n) is 9.52. The first kappa shape index (κ1) is 19.0. The molecule has 1 aliphatic heterocycles. The summed E-state index contributed by atoms with van der Waals surface area (Å²) in [5, 5.41) is 5.78. The number of amides is 3. The molecule has 0 spiro atoms. The monoisotopic (exact) mass is 365 g/mol. The van der Waals surface area contributed by atoms with Gasteiger partial charge in [0, 0.05) is 30.4 Å². The van der Waals surface area contributed by atoms with Crippen molar-refractivity contribution in [3.63, 3.8) is 0 Å². The van der Waals surface area contributed by atoms with Gasteiger partial charge in [-0.2, -0.15) is 0 Å². The molecule has 5 heteroatoms. The Morgan fingerprint density at radius 1 is 1.19 bits per heavy atom. The fraction of sp³-hybridized carbons (Fsp3) is 0.364. The fourth-order valence-corrected chi connectivity index (χ4v) is 3.24. The molecule has 0 unspecified atom stereocenters. The van der Waals surface area contributed by atoms with E-state index in [1.165, 1.54) is 5.56 Å². The summed E-state index contributed by atoms with van der Waals surface area (Å²) in [6.45, 7) is 7.12. The number of carbonyl (C=O) groups excluding carboxylic acids is 2. The highest BCUT2D eigenvalue weighted by molar-refractivity contribution is 6.07. The molecule has 2 N–H and O–H groups in total. The zero-order chi connectivity index (χ0) is 19.4. The number of hydrogen-bond donors (Lipinski definition) is 2. The van der Waals surface area contributed by atoms with Crippen molar-refractivity contribution in [1.82, 2.24) is 10.6 Å². The van der Waals surface area contributed by atoms with Crippen LogP contribution in [0.5, 0.6) is 0 Å². The van der Waals surface area contributed by atoms with Crippen molar-refractivity contribution in [2.45, 2.75) is 46.2 Å². The van der Waals surface area contributed by atoms with E-state index in [2.05, 4.69) is 16.7 Å². The molecule has 5 nitrogen and oxygen atoms in total. The average molecular weight is 365 g/mol. The quantitative estimate of drug-likeness (QED) is 0.847. The van der Waals surface area contributed by atoms with Gasteiger partial charge in [0.15, 0.2) is 0 Å². The summed E-state index contributed by atoms with van der Waals surface area (Å²) >= 11 is 0. The Kier molecular flexibility index (Phi) is 5.79. The van der Waals surface area contributed by atoms with Crippen LogP contribution >= 0.6 is 0 Å². The first-order chi connectivity index (χ1) is 13.0. The third-order valence-electron chi connectivity index (χ3n) is 5.00. The van der Waals surface area contributed by atoms with Gasteiger partial charge in [-0.3, -0.25) is 4.79 Å². The number of urea groups is 1. The van der Waals surface area contributed by atoms with Gasteiger partial charge in [0.1, 0.15) is 0 Å². The molecule has 0 bridgehead atoms. The van der Waals surface area contributed by atoms with Crippen LogP contribution in [-0.2, 0) is 13.0 Å². The molecule has 1 heterocycles. The molecular formula is C22H27N3O2. The second-order valence-corrected chi connectivity index (χ2v) is 7.18. The molecule has 0 radical (unpaired) electrons. The summed E-state index contributed by atoms with van der Waals surface area (Å²) in [4.78, 5) is 26.7. The second kappa shape index (κ2) is 8.25. The minimum absolute atomic E-state index is 0.0251. The smallest absolute Gasteiger partial charge is 0.315 e. The van der Waals surface area contributed by atoms with Crippen LogP contribution in [0.15, 0.2) is 42.5 Å². The third kappa shape index (κ3) is 4.48. The van der Waals surface area contributed by atoms with E-state index in [0.29, 0.717) is 18.7 Å². The number of fused-ring (bicyclic) bond motifs is 1. The van der Waals surface area contributed by atoms with Crippen molar-refractivity contribution >= 4 is 17.6 Å². The molecule has 0 saturated heterocycles. The number of anilines is 1. The highest BCUT2D eigenvalue weighted by Gasteiger charge is 2.25. The van der Waals surface area contributed by atoms with Gasteiger partial charge < -0.3 is 15.5 Å². The molecule has 0 aliphatic carbocycles. The van der Waals surface area contributed by atoms with Gasteiger partial charge in [0.25, 0.3) is 5.91 Å². The van der Waals surface area contributed by atoms with Crippen LogP contribution in [0, 0.1) is 6.92 Å². The molecule has 0 aromatic heterocycles. The molecule has 0 saturated carbocycles. The van der Waals surface area contributed by atoms with E-state index in [-0.39, 0.29) is 18.0 Å². The number of nitrogens with zero attached hydrogens (tertiary/aromatic N) is 1. The largest absolute Gasteiger partial charge is 0.336 e. The SMILES string of the molecule is CC[C@@H](C)NC(=O)NCc1ccc2c(c1)N(C(=O)c1cccc(C)c1)CC2. The molecule has 3 rings (SSSR count). The Hall–Kier alpha value is -2.82. The average Bonchev–Trinajstić information content (AvgIpc) is 3.08. The highest BCUT2D eigenvalue weighted by atomic mass is 16.2. The van der Waals surface area contributed by atoms with Gasteiger partial charge in [0.05, 0.1) is 0 Å². The minimum Gasteiger partial charge on any atom is -0.336 e. The van der Waals surface area contributed by atoms with Crippen LogP contribution in [0.3, 0.4) is 0 Å². The van der Waals surface area contributed by atoms with E-state index in [0.717, 1.165) is 29.7 Å². The first-order valence-corrected chi connectivity index (χ1v) is 9.52. The van der Waals surface area contributed by atoms with Gasteiger partial charge in [-0.1, -0.05) is 36.8 Å². The lowest BCUT2D eigenvalue weighted by molar-refractivity contribution is 0.0989. The number of hydrogen-bond acceptors (Lipinski definition) is 2. The summed E-state index contributed by atoms with van der Waals surface area (Å²) in [5.41, 5.74) is 4.88. The topological polar surface area (TPSA) is 61.4 Å². The lowest BCUT2D eigenvalue weighted by atomic mass is 10.1. The summed E-state index contributed by atoms with van der Waals surface area (Å²) in [6.07, 6.45) is 1.75. The summed E-state index contributed by atoms with van der Waals surface area (Å²) in [6, 6.07) is 13.7. The molecule has 3 amide bonds. The maximum absolute atomic E-state index is 12.9. The van der Waals surface area contributed by atoms with Crippen LogP contribution in [0.4, 0.5) is 10.5 Å². The minimum atomic E-state index is -0.169. The Balaban J connectivity index is 1.71. The standard InChI is InChI=1S/C22H27N3O2/c1-4-16(3)24-22(27)23-14-17-8-9-18-10-11-25(20(18)13-17)21(26)19-7-5-6-15(2)12-19/h5-9,12-13,16H,4,10-11,14H2,1-3H3,(H2,23,24,27)/t16-/m1/s1.